The Morgan fingerprint density at radius 2 is 0.804 bits per heavy atom. The lowest BCUT2D eigenvalue weighted by Gasteiger charge is -2.08. The predicted molar refractivity (Wildman–Crippen MR) is 196 cm³/mol. The molecule has 6 N–H and O–H groups in total. The number of nitrogens with one attached hydrogen (secondary N) is 2. The van der Waals surface area contributed by atoms with Crippen LogP contribution in [0.25, 0.3) is 66.6 Å². The monoisotopic (exact) mass is 604 g/mol. The minimum Gasteiger partial charge on any atom is -0.399 e. The van der Waals surface area contributed by atoms with Gasteiger partial charge >= 0.3 is 0 Å². The number of aryl methyl sites for hydroxylation is 4. The molecule has 7 rings (SSSR count). The van der Waals surface area contributed by atoms with Crippen molar-refractivity contribution in [3.05, 3.63) is 106 Å². The van der Waals surface area contributed by atoms with Gasteiger partial charge in [0.15, 0.2) is 0 Å². The molecule has 6 nitrogen and oxygen atoms in total. The molecule has 6 heteroatoms. The molecule has 0 amide bonds. The van der Waals surface area contributed by atoms with Crippen LogP contribution in [0.5, 0.6) is 0 Å². The molecule has 5 heterocycles. The summed E-state index contributed by atoms with van der Waals surface area (Å²) < 4.78 is 0. The van der Waals surface area contributed by atoms with Crippen molar-refractivity contribution in [1.82, 2.24) is 19.9 Å². The number of aromatic amines is 2. The Hall–Kier alpha value is -5.36. The van der Waals surface area contributed by atoms with E-state index in [0.717, 1.165) is 101 Å². The third-order valence-electron chi connectivity index (χ3n) is 10.2. The zero-order chi connectivity index (χ0) is 32.6. The number of nitrogen functional groups attached to an aromatic ring is 2. The summed E-state index contributed by atoms with van der Waals surface area (Å²) in [7, 11) is 0. The minimum atomic E-state index is 0.732. The van der Waals surface area contributed by atoms with Gasteiger partial charge in [-0.2, -0.15) is 0 Å². The molecule has 2 aliphatic heterocycles. The number of H-pyrrole nitrogens is 2. The fourth-order valence-electron chi connectivity index (χ4n) is 6.67. The topological polar surface area (TPSA) is 109 Å². The van der Waals surface area contributed by atoms with Crippen molar-refractivity contribution in [3.63, 3.8) is 0 Å². The van der Waals surface area contributed by atoms with Crippen LogP contribution in [-0.4, -0.2) is 19.9 Å². The second-order valence-electron chi connectivity index (χ2n) is 12.8. The van der Waals surface area contributed by atoms with Crippen molar-refractivity contribution in [2.24, 2.45) is 0 Å². The third kappa shape index (κ3) is 4.47. The normalized spacial score (nSPS) is 13.2. The molecule has 0 radical (unpaired) electrons. The van der Waals surface area contributed by atoms with Crippen LogP contribution in [0, 0.1) is 27.7 Å². The molecule has 0 spiro atoms. The molecule has 8 bridgehead atoms. The van der Waals surface area contributed by atoms with E-state index in [1.54, 1.807) is 0 Å². The molecule has 5 aromatic rings. The molecule has 0 saturated carbocycles. The molecule has 46 heavy (non-hydrogen) atoms. The quantitative estimate of drug-likeness (QED) is 0.150. The summed E-state index contributed by atoms with van der Waals surface area (Å²) >= 11 is 0. The van der Waals surface area contributed by atoms with Crippen molar-refractivity contribution in [3.8, 4) is 22.3 Å². The van der Waals surface area contributed by atoms with Gasteiger partial charge in [0.05, 0.1) is 33.8 Å². The maximum absolute atomic E-state index is 6.13. The van der Waals surface area contributed by atoms with Crippen LogP contribution in [-0.2, 0) is 0 Å². The van der Waals surface area contributed by atoms with Crippen LogP contribution < -0.4 is 11.5 Å². The molecular weight excluding hydrogens is 564 g/mol. The highest BCUT2D eigenvalue weighted by Gasteiger charge is 2.23. The first-order chi connectivity index (χ1) is 21.9. The van der Waals surface area contributed by atoms with E-state index in [4.69, 9.17) is 21.4 Å². The molecule has 0 aliphatic carbocycles. The van der Waals surface area contributed by atoms with Gasteiger partial charge in [-0.15, -0.1) is 0 Å². The highest BCUT2D eigenvalue weighted by Crippen LogP contribution is 2.42. The first-order valence-corrected chi connectivity index (χ1v) is 15.8. The maximum atomic E-state index is 6.13. The summed E-state index contributed by atoms with van der Waals surface area (Å²) in [6.45, 7) is 17.4. The van der Waals surface area contributed by atoms with Gasteiger partial charge in [0, 0.05) is 33.5 Å². The number of hydrogen-bond acceptors (Lipinski definition) is 4. The standard InChI is InChI=1S/C40H40N6/c1-19-23(5)37-35(27-9-13-29(41)14-10-27)38-25(7)21(3)33(45-38)18-34-22(4)26(8)40(46-34)36(28-11-15-30(42)16-12-28)39-24(6)20(2)32(44-39)17-31(19)43-37/h9-18,43,46H,41-42H2,1-8H3. The molecule has 0 atom stereocenters. The van der Waals surface area contributed by atoms with Crippen molar-refractivity contribution >= 4 is 55.7 Å². The van der Waals surface area contributed by atoms with E-state index >= 15 is 0 Å². The molecule has 2 aliphatic rings. The SMILES string of the molecule is CC1=C(C)c2nc1cc1[nH]c(c(C)c1C)c(-c1ccc(N)cc1)c1nc(cc3[nH]c(c(C)c3C)c2-c2ccc(N)cc2)C(C)=C1C. The minimum absolute atomic E-state index is 0.732. The molecule has 230 valence electrons. The summed E-state index contributed by atoms with van der Waals surface area (Å²) in [5.41, 5.74) is 35.4. The average Bonchev–Trinajstić information content (AvgIpc) is 3.67. The largest absolute Gasteiger partial charge is 0.399 e. The zero-order valence-corrected chi connectivity index (χ0v) is 27.8. The smallest absolute Gasteiger partial charge is 0.0768 e. The van der Waals surface area contributed by atoms with E-state index in [1.165, 1.54) is 22.3 Å². The number of allylic oxidation sites excluding steroid dienone is 4. The van der Waals surface area contributed by atoms with Gasteiger partial charge in [0.2, 0.25) is 0 Å². The number of aromatic nitrogens is 4. The number of hydrogen-bond donors (Lipinski definition) is 4. The van der Waals surface area contributed by atoms with Crippen molar-refractivity contribution < 1.29 is 0 Å². The van der Waals surface area contributed by atoms with Crippen LogP contribution in [0.4, 0.5) is 11.4 Å². The summed E-state index contributed by atoms with van der Waals surface area (Å²) in [6.07, 6.45) is 0. The first kappa shape index (κ1) is 29.4. The van der Waals surface area contributed by atoms with Crippen LogP contribution >= 0.6 is 0 Å². The van der Waals surface area contributed by atoms with E-state index in [0.29, 0.717) is 0 Å². The van der Waals surface area contributed by atoms with Crippen LogP contribution in [0.1, 0.15) is 72.7 Å². The van der Waals surface area contributed by atoms with Crippen molar-refractivity contribution in [1.29, 1.82) is 0 Å². The fraction of sp³-hybridized carbons (Fsp3) is 0.200. The number of nitrogens with two attached hydrogens (primary N) is 2. The zero-order valence-electron chi connectivity index (χ0n) is 27.8. The number of fused-ring (bicyclic) bond motifs is 8. The number of rotatable bonds is 2. The molecular formula is C40H40N6. The lowest BCUT2D eigenvalue weighted by molar-refractivity contribution is 1.28. The lowest BCUT2D eigenvalue weighted by Crippen LogP contribution is -1.90. The van der Waals surface area contributed by atoms with Gasteiger partial charge in [-0.25, -0.2) is 9.97 Å². The highest BCUT2D eigenvalue weighted by atomic mass is 14.8. The predicted octanol–water partition coefficient (Wildman–Crippen LogP) is 9.95. The molecule has 0 unspecified atom stereocenters. The summed E-state index contributed by atoms with van der Waals surface area (Å²) in [6, 6.07) is 20.6. The molecule has 0 fully saturated rings. The Bertz CT molecular complexity index is 2160. The fourth-order valence-corrected chi connectivity index (χ4v) is 6.67. The number of nitrogens with zero attached hydrogens (tertiary/aromatic N) is 2. The Morgan fingerprint density at radius 3 is 1.15 bits per heavy atom. The van der Waals surface area contributed by atoms with Crippen LogP contribution in [0.3, 0.4) is 0 Å². The van der Waals surface area contributed by atoms with Gasteiger partial charge in [-0.05, 0) is 147 Å². The lowest BCUT2D eigenvalue weighted by atomic mass is 9.96. The first-order valence-electron chi connectivity index (χ1n) is 15.8. The molecule has 3 aromatic heterocycles. The van der Waals surface area contributed by atoms with Crippen LogP contribution in [0.2, 0.25) is 0 Å². The molecule has 2 aromatic carbocycles. The summed E-state index contributed by atoms with van der Waals surface area (Å²) in [4.78, 5) is 18.3. The van der Waals surface area contributed by atoms with E-state index in [9.17, 15) is 0 Å². The van der Waals surface area contributed by atoms with Crippen LogP contribution in [0.15, 0.2) is 60.7 Å². The van der Waals surface area contributed by atoms with E-state index in [2.05, 4.69) is 102 Å². The van der Waals surface area contributed by atoms with Gasteiger partial charge in [0.1, 0.15) is 0 Å². The second kappa shape index (κ2) is 10.6. The number of benzene rings is 2. The molecule has 0 saturated heterocycles. The van der Waals surface area contributed by atoms with E-state index < -0.39 is 0 Å². The summed E-state index contributed by atoms with van der Waals surface area (Å²) in [5, 5.41) is 0. The Labute approximate surface area is 270 Å². The van der Waals surface area contributed by atoms with E-state index in [1.807, 2.05) is 24.3 Å². The van der Waals surface area contributed by atoms with Gasteiger partial charge in [-0.1, -0.05) is 24.3 Å². The Morgan fingerprint density at radius 1 is 0.457 bits per heavy atom. The average molecular weight is 605 g/mol. The Balaban J connectivity index is 1.73. The van der Waals surface area contributed by atoms with E-state index in [-0.39, 0.29) is 0 Å². The van der Waals surface area contributed by atoms with Gasteiger partial charge in [-0.3, -0.25) is 0 Å². The van der Waals surface area contributed by atoms with Crippen molar-refractivity contribution in [2.75, 3.05) is 11.5 Å². The van der Waals surface area contributed by atoms with Gasteiger partial charge in [0.25, 0.3) is 0 Å². The number of anilines is 2. The third-order valence-corrected chi connectivity index (χ3v) is 10.2. The Kier molecular flexibility index (Phi) is 6.78. The van der Waals surface area contributed by atoms with Crippen molar-refractivity contribution in [2.45, 2.75) is 55.4 Å². The maximum Gasteiger partial charge on any atom is 0.0768 e. The second-order valence-corrected chi connectivity index (χ2v) is 12.8. The van der Waals surface area contributed by atoms with Gasteiger partial charge < -0.3 is 21.4 Å². The summed E-state index contributed by atoms with van der Waals surface area (Å²) in [5.74, 6) is 0. The highest BCUT2D eigenvalue weighted by molar-refractivity contribution is 6.03.